The van der Waals surface area contributed by atoms with Gasteiger partial charge >= 0.3 is 0 Å². The number of carbonyl (C=O) groups is 1. The van der Waals surface area contributed by atoms with Crippen LogP contribution in [0, 0.1) is 0 Å². The standard InChI is InChI=1S/C18H20ClNO2S/c1-22-17(15-9-5-6-10-16(15)19)13-20-18(21)11-12-23-14-7-3-2-4-8-14/h2-10,17H,11-13H2,1H3,(H,20,21). The summed E-state index contributed by atoms with van der Waals surface area (Å²) in [6.07, 6.45) is 0.229. The summed E-state index contributed by atoms with van der Waals surface area (Å²) < 4.78 is 5.44. The summed E-state index contributed by atoms with van der Waals surface area (Å²) in [6.45, 7) is 0.412. The van der Waals surface area contributed by atoms with Crippen LogP contribution < -0.4 is 5.32 Å². The van der Waals surface area contributed by atoms with Crippen LogP contribution in [0.4, 0.5) is 0 Å². The maximum atomic E-state index is 12.0. The van der Waals surface area contributed by atoms with E-state index in [2.05, 4.69) is 5.32 Å². The summed E-state index contributed by atoms with van der Waals surface area (Å²) in [4.78, 5) is 13.1. The van der Waals surface area contributed by atoms with E-state index in [0.717, 1.165) is 11.3 Å². The number of halogens is 1. The van der Waals surface area contributed by atoms with E-state index in [0.29, 0.717) is 18.0 Å². The van der Waals surface area contributed by atoms with Gasteiger partial charge in [-0.3, -0.25) is 4.79 Å². The zero-order chi connectivity index (χ0) is 16.5. The van der Waals surface area contributed by atoms with Crippen molar-refractivity contribution in [3.8, 4) is 0 Å². The number of amides is 1. The second-order valence-corrected chi connectivity index (χ2v) is 6.54. The molecule has 2 aromatic rings. The van der Waals surface area contributed by atoms with Crippen LogP contribution >= 0.6 is 23.4 Å². The fraction of sp³-hybridized carbons (Fsp3) is 0.278. The van der Waals surface area contributed by atoms with E-state index in [1.165, 1.54) is 4.90 Å². The Morgan fingerprint density at radius 1 is 1.17 bits per heavy atom. The third kappa shape index (κ3) is 5.90. The first kappa shape index (κ1) is 17.9. The van der Waals surface area contributed by atoms with Crippen molar-refractivity contribution in [2.45, 2.75) is 17.4 Å². The smallest absolute Gasteiger partial charge is 0.220 e. The Morgan fingerprint density at radius 3 is 2.57 bits per heavy atom. The number of ether oxygens (including phenoxy) is 1. The molecule has 0 aliphatic rings. The average molecular weight is 350 g/mol. The van der Waals surface area contributed by atoms with Gasteiger partial charge in [-0.1, -0.05) is 48.0 Å². The molecule has 122 valence electrons. The zero-order valence-electron chi connectivity index (χ0n) is 13.0. The minimum absolute atomic E-state index is 0.0162. The van der Waals surface area contributed by atoms with Gasteiger partial charge in [-0.05, 0) is 18.2 Å². The van der Waals surface area contributed by atoms with Crippen LogP contribution in [0.3, 0.4) is 0 Å². The zero-order valence-corrected chi connectivity index (χ0v) is 14.6. The summed E-state index contributed by atoms with van der Waals surface area (Å²) in [5.74, 6) is 0.766. The van der Waals surface area contributed by atoms with Gasteiger partial charge in [0.05, 0.1) is 0 Å². The van der Waals surface area contributed by atoms with Gasteiger partial charge in [0.1, 0.15) is 6.10 Å². The van der Waals surface area contributed by atoms with Gasteiger partial charge in [0.2, 0.25) is 5.91 Å². The summed E-state index contributed by atoms with van der Waals surface area (Å²) in [7, 11) is 1.62. The third-order valence-corrected chi connectivity index (χ3v) is 4.72. The number of rotatable bonds is 8. The molecular weight excluding hydrogens is 330 g/mol. The van der Waals surface area contributed by atoms with Gasteiger partial charge in [0.15, 0.2) is 0 Å². The predicted octanol–water partition coefficient (Wildman–Crippen LogP) is 4.33. The van der Waals surface area contributed by atoms with Gasteiger partial charge in [0, 0.05) is 41.3 Å². The number of benzene rings is 2. The van der Waals surface area contributed by atoms with Crippen LogP contribution in [-0.4, -0.2) is 25.3 Å². The molecule has 2 aromatic carbocycles. The quantitative estimate of drug-likeness (QED) is 0.721. The number of hydrogen-bond acceptors (Lipinski definition) is 3. The van der Waals surface area contributed by atoms with E-state index in [4.69, 9.17) is 16.3 Å². The first-order valence-corrected chi connectivity index (χ1v) is 8.79. The minimum atomic E-state index is -0.241. The van der Waals surface area contributed by atoms with E-state index >= 15 is 0 Å². The highest BCUT2D eigenvalue weighted by Crippen LogP contribution is 2.24. The molecule has 0 saturated carbocycles. The molecule has 1 amide bonds. The third-order valence-electron chi connectivity index (χ3n) is 3.36. The number of methoxy groups -OCH3 is 1. The van der Waals surface area contributed by atoms with Crippen molar-refractivity contribution in [2.75, 3.05) is 19.4 Å². The first-order valence-electron chi connectivity index (χ1n) is 7.42. The molecule has 0 spiro atoms. The molecule has 1 N–H and O–H groups in total. The van der Waals surface area contributed by atoms with E-state index in [1.807, 2.05) is 54.6 Å². The molecule has 1 atom stereocenters. The monoisotopic (exact) mass is 349 g/mol. The highest BCUT2D eigenvalue weighted by Gasteiger charge is 2.14. The Balaban J connectivity index is 1.75. The maximum Gasteiger partial charge on any atom is 0.220 e. The Bertz CT molecular complexity index is 621. The Morgan fingerprint density at radius 2 is 1.87 bits per heavy atom. The molecular formula is C18H20ClNO2S. The molecule has 0 aliphatic heterocycles. The van der Waals surface area contributed by atoms with Crippen molar-refractivity contribution in [1.29, 1.82) is 0 Å². The second kappa shape index (κ2) is 9.60. The van der Waals surface area contributed by atoms with Gasteiger partial charge in [-0.2, -0.15) is 0 Å². The number of hydrogen-bond donors (Lipinski definition) is 1. The summed E-state index contributed by atoms with van der Waals surface area (Å²) in [5.41, 5.74) is 0.885. The molecule has 0 heterocycles. The summed E-state index contributed by atoms with van der Waals surface area (Å²) >= 11 is 7.84. The van der Waals surface area contributed by atoms with Crippen LogP contribution in [0.2, 0.25) is 5.02 Å². The maximum absolute atomic E-state index is 12.0. The lowest BCUT2D eigenvalue weighted by atomic mass is 10.1. The SMILES string of the molecule is COC(CNC(=O)CCSc1ccccc1)c1ccccc1Cl. The van der Waals surface area contributed by atoms with Gasteiger partial charge in [-0.15, -0.1) is 11.8 Å². The molecule has 23 heavy (non-hydrogen) atoms. The molecule has 0 aromatic heterocycles. The van der Waals surface area contributed by atoms with Gasteiger partial charge in [0.25, 0.3) is 0 Å². The van der Waals surface area contributed by atoms with Gasteiger partial charge in [-0.25, -0.2) is 0 Å². The summed E-state index contributed by atoms with van der Waals surface area (Å²) in [5, 5.41) is 3.56. The van der Waals surface area contributed by atoms with Crippen molar-refractivity contribution in [3.63, 3.8) is 0 Å². The predicted molar refractivity (Wildman–Crippen MR) is 96.0 cm³/mol. The van der Waals surface area contributed by atoms with Crippen LogP contribution in [0.25, 0.3) is 0 Å². The molecule has 0 bridgehead atoms. The molecule has 5 heteroatoms. The van der Waals surface area contributed by atoms with E-state index < -0.39 is 0 Å². The van der Waals surface area contributed by atoms with Crippen LogP contribution in [0.1, 0.15) is 18.1 Å². The Hall–Kier alpha value is -1.49. The molecule has 3 nitrogen and oxygen atoms in total. The lowest BCUT2D eigenvalue weighted by Crippen LogP contribution is -2.29. The van der Waals surface area contributed by atoms with Crippen molar-refractivity contribution in [3.05, 3.63) is 65.2 Å². The molecule has 2 rings (SSSR count). The topological polar surface area (TPSA) is 38.3 Å². The van der Waals surface area contributed by atoms with Crippen molar-refractivity contribution < 1.29 is 9.53 Å². The van der Waals surface area contributed by atoms with E-state index in [9.17, 15) is 4.79 Å². The number of carbonyl (C=O) groups excluding carboxylic acids is 1. The van der Waals surface area contributed by atoms with E-state index in [1.54, 1.807) is 18.9 Å². The molecule has 0 fully saturated rings. The molecule has 0 saturated heterocycles. The highest BCUT2D eigenvalue weighted by molar-refractivity contribution is 7.99. The molecule has 0 aliphatic carbocycles. The largest absolute Gasteiger partial charge is 0.375 e. The highest BCUT2D eigenvalue weighted by atomic mass is 35.5. The average Bonchev–Trinajstić information content (AvgIpc) is 2.58. The fourth-order valence-corrected chi connectivity index (χ4v) is 3.26. The van der Waals surface area contributed by atoms with Crippen LogP contribution in [-0.2, 0) is 9.53 Å². The first-order chi connectivity index (χ1) is 11.2. The lowest BCUT2D eigenvalue weighted by Gasteiger charge is -2.17. The Kier molecular flexibility index (Phi) is 7.46. The van der Waals surface area contributed by atoms with Crippen LogP contribution in [0.5, 0.6) is 0 Å². The van der Waals surface area contributed by atoms with E-state index in [-0.39, 0.29) is 12.0 Å². The summed E-state index contributed by atoms with van der Waals surface area (Å²) in [6, 6.07) is 17.6. The normalized spacial score (nSPS) is 11.9. The Labute approximate surface area is 146 Å². The fourth-order valence-electron chi connectivity index (χ4n) is 2.13. The second-order valence-electron chi connectivity index (χ2n) is 4.96. The number of thioether (sulfide) groups is 1. The minimum Gasteiger partial charge on any atom is -0.375 e. The molecule has 0 radical (unpaired) electrons. The van der Waals surface area contributed by atoms with Crippen LogP contribution in [0.15, 0.2) is 59.5 Å². The van der Waals surface area contributed by atoms with Crippen molar-refractivity contribution in [2.24, 2.45) is 0 Å². The van der Waals surface area contributed by atoms with Crippen molar-refractivity contribution >= 4 is 29.3 Å². The molecule has 1 unspecified atom stereocenters. The lowest BCUT2D eigenvalue weighted by molar-refractivity contribution is -0.121. The number of nitrogens with one attached hydrogen (secondary N) is 1. The van der Waals surface area contributed by atoms with Gasteiger partial charge < -0.3 is 10.1 Å². The van der Waals surface area contributed by atoms with Crippen molar-refractivity contribution in [1.82, 2.24) is 5.32 Å².